The first-order valence-electron chi connectivity index (χ1n) is 10.5. The summed E-state index contributed by atoms with van der Waals surface area (Å²) in [5.41, 5.74) is 3.42. The molecule has 0 atom stereocenters. The molecule has 0 bridgehead atoms. The number of carbonyl (C=O) groups excluding carboxylic acids is 1. The highest BCUT2D eigenvalue weighted by molar-refractivity contribution is 7.17. The average molecular weight is 573 g/mol. The van der Waals surface area contributed by atoms with Gasteiger partial charge in [0.1, 0.15) is 0 Å². The van der Waals surface area contributed by atoms with E-state index < -0.39 is 81.4 Å². The molecule has 3 rings (SSSR count). The molecule has 0 aliphatic heterocycles. The molecule has 212 valence electrons. The monoisotopic (exact) mass is 572 g/mol. The van der Waals surface area contributed by atoms with Crippen molar-refractivity contribution in [1.82, 2.24) is 10.3 Å². The molecule has 0 unspecified atom stereocenters. The maximum absolute atomic E-state index is 12.3. The van der Waals surface area contributed by atoms with Gasteiger partial charge in [-0.1, -0.05) is 23.5 Å². The molecule has 16 N–H and O–H groups in total. The van der Waals surface area contributed by atoms with Crippen LogP contribution in [0, 0.1) is 0 Å². The number of anilines is 2. The van der Waals surface area contributed by atoms with Gasteiger partial charge in [0.15, 0.2) is 22.3 Å². The quantitative estimate of drug-likeness (QED) is 0.0706. The van der Waals surface area contributed by atoms with Crippen LogP contribution in [0.3, 0.4) is 0 Å². The Kier molecular flexibility index (Phi) is 7.70. The van der Waals surface area contributed by atoms with Gasteiger partial charge in [-0.3, -0.25) is 10.1 Å². The maximum atomic E-state index is 12.3. The SMILES string of the molecule is Nc1nc(C(O)(O)C(=O)Nc2ccc(C(O)(O)CNC(O)(O)Cc3c(O)c(O)c(O)c(O)c3O)cc2)c(O)s1. The van der Waals surface area contributed by atoms with E-state index in [0.29, 0.717) is 11.3 Å². The minimum Gasteiger partial charge on any atom is -0.504 e. The number of aliphatic hydroxyl groups is 6. The third-order valence-electron chi connectivity index (χ3n) is 5.39. The van der Waals surface area contributed by atoms with Crippen molar-refractivity contribution in [2.45, 2.75) is 23.9 Å². The number of nitrogens with two attached hydrogens (primary N) is 1. The van der Waals surface area contributed by atoms with Crippen molar-refractivity contribution in [3.05, 3.63) is 41.1 Å². The van der Waals surface area contributed by atoms with Crippen LogP contribution >= 0.6 is 11.3 Å². The lowest BCUT2D eigenvalue weighted by atomic mass is 10.0. The second-order valence-corrected chi connectivity index (χ2v) is 9.30. The summed E-state index contributed by atoms with van der Waals surface area (Å²) in [4.78, 5) is 15.8. The van der Waals surface area contributed by atoms with Crippen molar-refractivity contribution in [3.63, 3.8) is 0 Å². The number of nitrogens with one attached hydrogen (secondary N) is 2. The summed E-state index contributed by atoms with van der Waals surface area (Å²) in [5.74, 6) is -16.7. The second kappa shape index (κ2) is 10.2. The second-order valence-electron chi connectivity index (χ2n) is 8.29. The molecule has 1 amide bonds. The van der Waals surface area contributed by atoms with E-state index in [1.165, 1.54) is 0 Å². The minimum absolute atomic E-state index is 0.0702. The highest BCUT2D eigenvalue weighted by Crippen LogP contribution is 2.51. The lowest BCUT2D eigenvalue weighted by molar-refractivity contribution is -0.221. The number of aromatic hydroxyl groups is 6. The largest absolute Gasteiger partial charge is 0.504 e. The van der Waals surface area contributed by atoms with E-state index in [2.05, 4.69) is 10.3 Å². The van der Waals surface area contributed by atoms with E-state index >= 15 is 0 Å². The van der Waals surface area contributed by atoms with Gasteiger partial charge in [-0.25, -0.2) is 4.98 Å². The molecule has 0 radical (unpaired) electrons. The third-order valence-corrected chi connectivity index (χ3v) is 6.08. The van der Waals surface area contributed by atoms with Crippen molar-refractivity contribution in [2.75, 3.05) is 17.6 Å². The van der Waals surface area contributed by atoms with Gasteiger partial charge < -0.3 is 72.3 Å². The van der Waals surface area contributed by atoms with Gasteiger partial charge in [-0.2, -0.15) is 0 Å². The van der Waals surface area contributed by atoms with E-state index in [1.54, 1.807) is 0 Å². The molecule has 3 aromatic rings. The van der Waals surface area contributed by atoms with Gasteiger partial charge in [-0.15, -0.1) is 0 Å². The number of phenolic OH excluding ortho intramolecular Hbond substituents is 5. The smallest absolute Gasteiger partial charge is 0.294 e. The topological polar surface area (TPSA) is 323 Å². The summed E-state index contributed by atoms with van der Waals surface area (Å²) in [6.07, 6.45) is -1.13. The Morgan fingerprint density at radius 1 is 0.846 bits per heavy atom. The number of hydrogen-bond acceptors (Lipinski definition) is 17. The zero-order valence-electron chi connectivity index (χ0n) is 19.4. The van der Waals surface area contributed by atoms with Gasteiger partial charge in [0, 0.05) is 17.7 Å². The van der Waals surface area contributed by atoms with Crippen LogP contribution < -0.4 is 16.4 Å². The molecule has 2 aromatic carbocycles. The van der Waals surface area contributed by atoms with Gasteiger partial charge in [-0.05, 0) is 12.1 Å². The zero-order chi connectivity index (χ0) is 29.5. The first-order chi connectivity index (χ1) is 17.9. The first-order valence-corrected chi connectivity index (χ1v) is 11.3. The number of nitrogen functional groups attached to an aromatic ring is 1. The number of hydrogen-bond donors (Lipinski definition) is 15. The van der Waals surface area contributed by atoms with E-state index in [-0.39, 0.29) is 16.4 Å². The summed E-state index contributed by atoms with van der Waals surface area (Å²) in [5, 5.41) is 122. The molecular weight excluding hydrogens is 548 g/mol. The Hall–Kier alpha value is -4.14. The molecule has 18 heteroatoms. The van der Waals surface area contributed by atoms with Gasteiger partial charge in [0.25, 0.3) is 11.7 Å². The fourth-order valence-electron chi connectivity index (χ4n) is 3.28. The molecule has 0 saturated heterocycles. The summed E-state index contributed by atoms with van der Waals surface area (Å²) in [7, 11) is 0. The van der Waals surface area contributed by atoms with E-state index in [9.17, 15) is 66.1 Å². The summed E-state index contributed by atoms with van der Waals surface area (Å²) < 4.78 is 0. The Bertz CT molecular complexity index is 1360. The summed E-state index contributed by atoms with van der Waals surface area (Å²) >= 11 is 0.502. The number of rotatable bonds is 9. The first kappa shape index (κ1) is 29.4. The minimum atomic E-state index is -3.27. The van der Waals surface area contributed by atoms with Gasteiger partial charge in [0.05, 0.1) is 12.1 Å². The van der Waals surface area contributed by atoms with Gasteiger partial charge in [0.2, 0.25) is 34.0 Å². The third kappa shape index (κ3) is 5.97. The molecule has 0 aliphatic carbocycles. The van der Waals surface area contributed by atoms with Crippen LogP contribution in [0.4, 0.5) is 10.8 Å². The van der Waals surface area contributed by atoms with Crippen LogP contribution in [-0.2, 0) is 22.8 Å². The average Bonchev–Trinajstić information content (AvgIpc) is 3.22. The van der Waals surface area contributed by atoms with E-state index in [4.69, 9.17) is 5.73 Å². The number of amides is 1. The van der Waals surface area contributed by atoms with Crippen molar-refractivity contribution >= 4 is 28.1 Å². The predicted molar refractivity (Wildman–Crippen MR) is 129 cm³/mol. The Labute approximate surface area is 221 Å². The van der Waals surface area contributed by atoms with Crippen LogP contribution in [0.25, 0.3) is 0 Å². The number of carbonyl (C=O) groups is 1. The molecule has 0 fully saturated rings. The Morgan fingerprint density at radius 3 is 1.85 bits per heavy atom. The number of aromatic nitrogens is 1. The normalized spacial score (nSPS) is 12.5. The Balaban J connectivity index is 1.69. The van der Waals surface area contributed by atoms with E-state index in [0.717, 1.165) is 24.3 Å². The lowest BCUT2D eigenvalue weighted by Gasteiger charge is -2.29. The zero-order valence-corrected chi connectivity index (χ0v) is 20.2. The van der Waals surface area contributed by atoms with Crippen molar-refractivity contribution in [3.8, 4) is 33.8 Å². The van der Waals surface area contributed by atoms with Crippen molar-refractivity contribution < 1.29 is 66.1 Å². The predicted octanol–water partition coefficient (Wildman–Crippen LogP) is -2.66. The van der Waals surface area contributed by atoms with Gasteiger partial charge >= 0.3 is 0 Å². The molecular formula is C21H24N4O13S. The van der Waals surface area contributed by atoms with Crippen molar-refractivity contribution in [2.24, 2.45) is 0 Å². The summed E-state index contributed by atoms with van der Waals surface area (Å²) in [6, 6.07) is 4.36. The molecule has 1 heterocycles. The molecule has 0 spiro atoms. The van der Waals surface area contributed by atoms with Crippen LogP contribution in [-0.4, -0.2) is 84.6 Å². The fraction of sp³-hybridized carbons (Fsp3) is 0.238. The van der Waals surface area contributed by atoms with Crippen LogP contribution in [0.2, 0.25) is 0 Å². The molecule has 0 saturated carbocycles. The lowest BCUT2D eigenvalue weighted by Crippen LogP contribution is -2.52. The standard InChI is InChI=1S/C21H24N4O13S/c22-18-25-15(16(31)39-18)21(37,38)17(32)24-8-3-1-7(2-4-8)19(33,34)6-23-20(35,36)5-9-10(26)12(28)14(30)13(29)11(9)27/h1-4,23,26-31,33-38H,5-6H2,(H2,22,25)(H,24,32). The molecule has 1 aromatic heterocycles. The number of benzene rings is 2. The Morgan fingerprint density at radius 2 is 1.36 bits per heavy atom. The van der Waals surface area contributed by atoms with Crippen molar-refractivity contribution in [1.29, 1.82) is 0 Å². The maximum Gasteiger partial charge on any atom is 0.294 e. The number of phenols is 5. The number of nitrogens with zero attached hydrogens (tertiary/aromatic N) is 1. The highest BCUT2D eigenvalue weighted by atomic mass is 32.1. The van der Waals surface area contributed by atoms with E-state index in [1.807, 2.05) is 5.32 Å². The van der Waals surface area contributed by atoms with Crippen LogP contribution in [0.5, 0.6) is 33.8 Å². The van der Waals surface area contributed by atoms with Crippen LogP contribution in [0.1, 0.15) is 16.8 Å². The van der Waals surface area contributed by atoms with Crippen LogP contribution in [0.15, 0.2) is 24.3 Å². The fourth-order valence-corrected chi connectivity index (χ4v) is 3.90. The molecule has 39 heavy (non-hydrogen) atoms. The molecule has 17 nitrogen and oxygen atoms in total. The summed E-state index contributed by atoms with van der Waals surface area (Å²) in [6.45, 7) is -0.996. The number of thiazole rings is 1. The highest BCUT2D eigenvalue weighted by Gasteiger charge is 2.41. The molecule has 0 aliphatic rings.